The Kier molecular flexibility index (Phi) is 4.50. The topological polar surface area (TPSA) is 88.2 Å². The van der Waals surface area contributed by atoms with Gasteiger partial charge in [0.1, 0.15) is 0 Å². The van der Waals surface area contributed by atoms with Crippen molar-refractivity contribution >= 4 is 32.2 Å². The fourth-order valence-electron chi connectivity index (χ4n) is 3.40. The zero-order valence-corrected chi connectivity index (χ0v) is 15.1. The maximum atomic E-state index is 12.8. The van der Waals surface area contributed by atoms with Crippen LogP contribution in [0.4, 0.5) is 5.13 Å². The van der Waals surface area contributed by atoms with Crippen molar-refractivity contribution < 1.29 is 13.2 Å². The molecule has 0 radical (unpaired) electrons. The highest BCUT2D eigenvalue weighted by Crippen LogP contribution is 2.34. The summed E-state index contributed by atoms with van der Waals surface area (Å²) in [4.78, 5) is 18.5. The van der Waals surface area contributed by atoms with Gasteiger partial charge < -0.3 is 10.6 Å². The van der Waals surface area contributed by atoms with Gasteiger partial charge in [0.25, 0.3) is 0 Å². The summed E-state index contributed by atoms with van der Waals surface area (Å²) in [6.45, 7) is 3.29. The van der Waals surface area contributed by atoms with Crippen LogP contribution in [0.1, 0.15) is 36.8 Å². The van der Waals surface area contributed by atoms with Crippen molar-refractivity contribution in [2.45, 2.75) is 43.8 Å². The van der Waals surface area contributed by atoms with Crippen molar-refractivity contribution in [1.82, 2.24) is 10.3 Å². The third kappa shape index (κ3) is 3.16. The van der Waals surface area contributed by atoms with Gasteiger partial charge in [-0.3, -0.25) is 4.79 Å². The molecule has 0 saturated carbocycles. The number of hydrogen-bond acceptors (Lipinski definition) is 6. The predicted molar refractivity (Wildman–Crippen MR) is 91.6 cm³/mol. The number of amides is 1. The van der Waals surface area contributed by atoms with Crippen LogP contribution >= 0.6 is 11.3 Å². The summed E-state index contributed by atoms with van der Waals surface area (Å²) >= 11 is 1.49. The van der Waals surface area contributed by atoms with Gasteiger partial charge in [0.2, 0.25) is 5.91 Å². The molecule has 3 rings (SSSR count). The number of nitrogens with zero attached hydrogens (tertiary/aromatic N) is 1. The van der Waals surface area contributed by atoms with E-state index in [2.05, 4.69) is 22.5 Å². The van der Waals surface area contributed by atoms with Crippen molar-refractivity contribution in [1.29, 1.82) is 0 Å². The van der Waals surface area contributed by atoms with E-state index in [-0.39, 0.29) is 0 Å². The molecule has 1 aromatic rings. The van der Waals surface area contributed by atoms with Crippen LogP contribution in [-0.2, 0) is 27.5 Å². The zero-order chi connectivity index (χ0) is 16.7. The molecule has 1 aliphatic carbocycles. The minimum Gasteiger partial charge on any atom is -0.317 e. The fourth-order valence-corrected chi connectivity index (χ4v) is 5.90. The number of hydrogen-bond donors (Lipinski definition) is 2. The Balaban J connectivity index is 1.83. The maximum absolute atomic E-state index is 12.8. The Morgan fingerprint density at radius 1 is 1.39 bits per heavy atom. The molecule has 8 heteroatoms. The van der Waals surface area contributed by atoms with Gasteiger partial charge >= 0.3 is 0 Å². The third-order valence-electron chi connectivity index (χ3n) is 4.94. The highest BCUT2D eigenvalue weighted by molar-refractivity contribution is 7.92. The number of nitrogens with one attached hydrogen (secondary N) is 2. The zero-order valence-electron chi connectivity index (χ0n) is 13.5. The highest BCUT2D eigenvalue weighted by Gasteiger charge is 2.48. The lowest BCUT2D eigenvalue weighted by Gasteiger charge is -2.33. The van der Waals surface area contributed by atoms with Crippen LogP contribution in [0, 0.1) is 5.92 Å². The summed E-state index contributed by atoms with van der Waals surface area (Å²) in [6, 6.07) is 0. The molecule has 1 atom stereocenters. The molecule has 1 amide bonds. The lowest BCUT2D eigenvalue weighted by atomic mass is 9.93. The molecule has 2 heterocycles. The minimum absolute atomic E-state index is 0.305. The number of piperidine rings is 1. The number of fused-ring (bicyclic) bond motifs is 1. The van der Waals surface area contributed by atoms with Gasteiger partial charge in [-0.1, -0.05) is 6.92 Å². The molecule has 6 nitrogen and oxygen atoms in total. The largest absolute Gasteiger partial charge is 0.317 e. The van der Waals surface area contributed by atoms with Gasteiger partial charge in [0.15, 0.2) is 19.7 Å². The molecular weight excluding hydrogens is 334 g/mol. The number of rotatable bonds is 3. The number of carbonyl (C=O) groups excluding carboxylic acids is 1. The molecule has 0 bridgehead atoms. The quantitative estimate of drug-likeness (QED) is 0.853. The maximum Gasteiger partial charge on any atom is 0.247 e. The molecule has 1 saturated heterocycles. The van der Waals surface area contributed by atoms with Crippen LogP contribution in [0.2, 0.25) is 0 Å². The van der Waals surface area contributed by atoms with Crippen molar-refractivity contribution in [3.63, 3.8) is 0 Å². The van der Waals surface area contributed by atoms with E-state index in [4.69, 9.17) is 0 Å². The van der Waals surface area contributed by atoms with E-state index in [9.17, 15) is 13.2 Å². The molecular formula is C15H23N3O3S2. The van der Waals surface area contributed by atoms with Crippen molar-refractivity contribution in [2.24, 2.45) is 5.92 Å². The Labute approximate surface area is 141 Å². The number of anilines is 1. The van der Waals surface area contributed by atoms with E-state index >= 15 is 0 Å². The number of aryl methyl sites for hydroxylation is 1. The van der Waals surface area contributed by atoms with E-state index in [1.165, 1.54) is 16.2 Å². The molecule has 1 aliphatic heterocycles. The molecule has 1 fully saturated rings. The van der Waals surface area contributed by atoms with Crippen molar-refractivity contribution in [3.8, 4) is 0 Å². The minimum atomic E-state index is -3.49. The standard InChI is InChI=1S/C15H23N3O3S2/c1-10-3-4-11-12(9-10)22-14(17-11)18-13(19)15(23(2,20)21)5-7-16-8-6-15/h10,16H,3-9H2,1-2H3,(H,17,18,19). The first-order valence-electron chi connectivity index (χ1n) is 8.02. The Morgan fingerprint density at radius 3 is 2.74 bits per heavy atom. The normalized spacial score (nSPS) is 24.0. The van der Waals surface area contributed by atoms with E-state index in [1.807, 2.05) is 0 Å². The second-order valence-electron chi connectivity index (χ2n) is 6.71. The fraction of sp³-hybridized carbons (Fsp3) is 0.733. The second kappa shape index (κ2) is 6.14. The lowest BCUT2D eigenvalue weighted by molar-refractivity contribution is -0.119. The second-order valence-corrected chi connectivity index (χ2v) is 10.1. The van der Waals surface area contributed by atoms with Gasteiger partial charge in [-0.25, -0.2) is 13.4 Å². The van der Waals surface area contributed by atoms with Crippen LogP contribution < -0.4 is 10.6 Å². The van der Waals surface area contributed by atoms with Crippen LogP contribution in [0.25, 0.3) is 0 Å². The molecule has 23 heavy (non-hydrogen) atoms. The molecule has 2 aliphatic rings. The molecule has 0 spiro atoms. The average molecular weight is 358 g/mol. The Bertz CT molecular complexity index is 706. The van der Waals surface area contributed by atoms with Gasteiger partial charge in [-0.15, -0.1) is 11.3 Å². The summed E-state index contributed by atoms with van der Waals surface area (Å²) in [6.07, 6.45) is 4.81. The number of sulfone groups is 1. The van der Waals surface area contributed by atoms with Crippen LogP contribution in [0.5, 0.6) is 0 Å². The van der Waals surface area contributed by atoms with Gasteiger partial charge in [-0.05, 0) is 51.1 Å². The van der Waals surface area contributed by atoms with Crippen LogP contribution in [0.3, 0.4) is 0 Å². The van der Waals surface area contributed by atoms with E-state index in [0.29, 0.717) is 37.0 Å². The predicted octanol–water partition coefficient (Wildman–Crippen LogP) is 1.37. The molecule has 1 aromatic heterocycles. The first-order valence-corrected chi connectivity index (χ1v) is 10.7. The van der Waals surface area contributed by atoms with Crippen LogP contribution in [0.15, 0.2) is 0 Å². The van der Waals surface area contributed by atoms with Gasteiger partial charge in [0.05, 0.1) is 5.69 Å². The summed E-state index contributed by atoms with van der Waals surface area (Å²) in [5.41, 5.74) is 1.06. The van der Waals surface area contributed by atoms with E-state index < -0.39 is 20.5 Å². The smallest absolute Gasteiger partial charge is 0.247 e. The number of thiazole rings is 1. The molecule has 1 unspecified atom stereocenters. The molecule has 0 aromatic carbocycles. The van der Waals surface area contributed by atoms with Gasteiger partial charge in [0, 0.05) is 11.1 Å². The molecule has 128 valence electrons. The van der Waals surface area contributed by atoms with Crippen molar-refractivity contribution in [3.05, 3.63) is 10.6 Å². The first kappa shape index (κ1) is 16.9. The lowest BCUT2D eigenvalue weighted by Crippen LogP contribution is -2.55. The number of carbonyl (C=O) groups is 1. The summed E-state index contributed by atoms with van der Waals surface area (Å²) in [7, 11) is -3.49. The third-order valence-corrected chi connectivity index (χ3v) is 7.99. The Hall–Kier alpha value is -0.990. The summed E-state index contributed by atoms with van der Waals surface area (Å²) < 4.78 is 23.2. The van der Waals surface area contributed by atoms with Crippen LogP contribution in [-0.4, -0.2) is 43.4 Å². The molecule has 2 N–H and O–H groups in total. The van der Waals surface area contributed by atoms with Crippen molar-refractivity contribution in [2.75, 3.05) is 24.7 Å². The number of aromatic nitrogens is 1. The first-order chi connectivity index (χ1) is 10.8. The van der Waals surface area contributed by atoms with E-state index in [0.717, 1.165) is 31.2 Å². The van der Waals surface area contributed by atoms with Gasteiger partial charge in [-0.2, -0.15) is 0 Å². The average Bonchev–Trinajstić information content (AvgIpc) is 2.88. The Morgan fingerprint density at radius 2 is 2.09 bits per heavy atom. The summed E-state index contributed by atoms with van der Waals surface area (Å²) in [5.74, 6) is 0.207. The summed E-state index contributed by atoms with van der Waals surface area (Å²) in [5, 5.41) is 6.45. The monoisotopic (exact) mass is 357 g/mol. The van der Waals surface area contributed by atoms with E-state index in [1.54, 1.807) is 0 Å². The SMILES string of the molecule is CC1CCc2nc(NC(=O)C3(S(C)(=O)=O)CCNCC3)sc2C1. The highest BCUT2D eigenvalue weighted by atomic mass is 32.2.